The Bertz CT molecular complexity index is 308. The minimum absolute atomic E-state index is 0.0710. The van der Waals surface area contributed by atoms with Crippen LogP contribution in [0.5, 0.6) is 0 Å². The molecule has 0 aliphatic rings. The minimum Gasteiger partial charge on any atom is -0.472 e. The molecule has 1 atom stereocenters. The van der Waals surface area contributed by atoms with E-state index in [1.807, 2.05) is 6.07 Å². The van der Waals surface area contributed by atoms with Crippen molar-refractivity contribution in [1.29, 1.82) is 0 Å². The van der Waals surface area contributed by atoms with Crippen LogP contribution in [0.3, 0.4) is 0 Å². The molecule has 0 radical (unpaired) electrons. The van der Waals surface area contributed by atoms with Crippen molar-refractivity contribution in [3.63, 3.8) is 0 Å². The molecule has 2 N–H and O–H groups in total. The van der Waals surface area contributed by atoms with E-state index in [1.165, 1.54) is 12.0 Å². The van der Waals surface area contributed by atoms with Gasteiger partial charge in [-0.2, -0.15) is 0 Å². The molecule has 0 bridgehead atoms. The van der Waals surface area contributed by atoms with Crippen LogP contribution in [0.25, 0.3) is 0 Å². The lowest BCUT2D eigenvalue weighted by Gasteiger charge is -2.38. The van der Waals surface area contributed by atoms with Gasteiger partial charge in [-0.25, -0.2) is 0 Å². The van der Waals surface area contributed by atoms with Crippen LogP contribution in [0.1, 0.15) is 39.2 Å². The van der Waals surface area contributed by atoms with Gasteiger partial charge in [0, 0.05) is 24.2 Å². The fraction of sp³-hybridized carbons (Fsp3) is 0.714. The van der Waals surface area contributed by atoms with Gasteiger partial charge in [0.25, 0.3) is 0 Å². The van der Waals surface area contributed by atoms with Crippen molar-refractivity contribution in [3.05, 3.63) is 24.2 Å². The number of nitrogens with zero attached hydrogens (tertiary/aromatic N) is 1. The molecule has 0 amide bonds. The Hall–Kier alpha value is -0.800. The molecule has 98 valence electrons. The van der Waals surface area contributed by atoms with Gasteiger partial charge in [-0.15, -0.1) is 0 Å². The molecule has 3 nitrogen and oxygen atoms in total. The molecule has 0 aromatic carbocycles. The molecule has 1 heterocycles. The SMILES string of the molecule is CC(C)CCC(C)(CN)N(C)Cc1ccoc1. The van der Waals surface area contributed by atoms with Gasteiger partial charge in [0.2, 0.25) is 0 Å². The summed E-state index contributed by atoms with van der Waals surface area (Å²) in [4.78, 5) is 2.33. The Kier molecular flexibility index (Phi) is 5.22. The normalized spacial score (nSPS) is 15.5. The molecule has 1 unspecified atom stereocenters. The van der Waals surface area contributed by atoms with E-state index in [0.717, 1.165) is 18.9 Å². The molecular weight excluding hydrogens is 212 g/mol. The lowest BCUT2D eigenvalue weighted by Crippen LogP contribution is -2.49. The Balaban J connectivity index is 2.58. The zero-order chi connectivity index (χ0) is 12.9. The summed E-state index contributed by atoms with van der Waals surface area (Å²) in [5, 5.41) is 0. The van der Waals surface area contributed by atoms with Gasteiger partial charge >= 0.3 is 0 Å². The van der Waals surface area contributed by atoms with E-state index < -0.39 is 0 Å². The molecular formula is C14H26N2O. The molecule has 17 heavy (non-hydrogen) atoms. The zero-order valence-corrected chi connectivity index (χ0v) is 11.6. The molecule has 0 saturated carbocycles. The first kappa shape index (κ1) is 14.3. The molecule has 3 heteroatoms. The topological polar surface area (TPSA) is 42.4 Å². The van der Waals surface area contributed by atoms with Crippen molar-refractivity contribution in [2.24, 2.45) is 11.7 Å². The molecule has 0 fully saturated rings. The van der Waals surface area contributed by atoms with Crippen molar-refractivity contribution in [1.82, 2.24) is 4.90 Å². The first-order valence-electron chi connectivity index (χ1n) is 6.40. The summed E-state index contributed by atoms with van der Waals surface area (Å²) >= 11 is 0. The number of furan rings is 1. The molecule has 0 aliphatic carbocycles. The highest BCUT2D eigenvalue weighted by molar-refractivity contribution is 5.06. The molecule has 0 saturated heterocycles. The third-order valence-electron chi connectivity index (χ3n) is 3.62. The molecule has 1 aromatic rings. The van der Waals surface area contributed by atoms with E-state index in [2.05, 4.69) is 32.7 Å². The predicted molar refractivity (Wildman–Crippen MR) is 71.7 cm³/mol. The van der Waals surface area contributed by atoms with Gasteiger partial charge in [-0.1, -0.05) is 13.8 Å². The second-order valence-electron chi connectivity index (χ2n) is 5.62. The van der Waals surface area contributed by atoms with Gasteiger partial charge in [0.15, 0.2) is 0 Å². The Morgan fingerprint density at radius 3 is 2.65 bits per heavy atom. The van der Waals surface area contributed by atoms with Gasteiger partial charge in [-0.05, 0) is 38.8 Å². The second kappa shape index (κ2) is 6.22. The third-order valence-corrected chi connectivity index (χ3v) is 3.62. The van der Waals surface area contributed by atoms with Crippen LogP contribution in [0.15, 0.2) is 23.0 Å². The maximum Gasteiger partial charge on any atom is 0.0947 e. The summed E-state index contributed by atoms with van der Waals surface area (Å²) in [5.41, 5.74) is 7.23. The average Bonchev–Trinajstić information content (AvgIpc) is 2.78. The van der Waals surface area contributed by atoms with Gasteiger partial charge < -0.3 is 10.2 Å². The van der Waals surface area contributed by atoms with E-state index in [0.29, 0.717) is 6.54 Å². The lowest BCUT2D eigenvalue weighted by atomic mass is 9.90. The van der Waals surface area contributed by atoms with E-state index >= 15 is 0 Å². The monoisotopic (exact) mass is 238 g/mol. The van der Waals surface area contributed by atoms with Gasteiger partial charge in [-0.3, -0.25) is 4.90 Å². The van der Waals surface area contributed by atoms with Crippen LogP contribution in [-0.2, 0) is 6.54 Å². The quantitative estimate of drug-likeness (QED) is 0.794. The maximum atomic E-state index is 5.96. The van der Waals surface area contributed by atoms with Crippen LogP contribution < -0.4 is 5.73 Å². The maximum absolute atomic E-state index is 5.96. The van der Waals surface area contributed by atoms with E-state index in [9.17, 15) is 0 Å². The molecule has 0 spiro atoms. The largest absolute Gasteiger partial charge is 0.472 e. The summed E-state index contributed by atoms with van der Waals surface area (Å²) in [7, 11) is 2.14. The molecule has 1 rings (SSSR count). The number of likely N-dealkylation sites (N-methyl/N-ethyl adjacent to an activating group) is 1. The van der Waals surface area contributed by atoms with Crippen LogP contribution >= 0.6 is 0 Å². The number of rotatable bonds is 7. The number of hydrogen-bond acceptors (Lipinski definition) is 3. The van der Waals surface area contributed by atoms with Crippen molar-refractivity contribution in [3.8, 4) is 0 Å². The predicted octanol–water partition coefficient (Wildman–Crippen LogP) is 2.87. The van der Waals surface area contributed by atoms with Crippen molar-refractivity contribution in [2.45, 2.75) is 45.7 Å². The van der Waals surface area contributed by atoms with Crippen molar-refractivity contribution >= 4 is 0 Å². The average molecular weight is 238 g/mol. The summed E-state index contributed by atoms with van der Waals surface area (Å²) in [6.45, 7) is 8.34. The highest BCUT2D eigenvalue weighted by Gasteiger charge is 2.27. The first-order chi connectivity index (χ1) is 7.98. The highest BCUT2D eigenvalue weighted by atomic mass is 16.3. The van der Waals surface area contributed by atoms with Crippen molar-refractivity contribution in [2.75, 3.05) is 13.6 Å². The Labute approximate surface area is 105 Å². The lowest BCUT2D eigenvalue weighted by molar-refractivity contribution is 0.119. The van der Waals surface area contributed by atoms with E-state index in [-0.39, 0.29) is 5.54 Å². The minimum atomic E-state index is 0.0710. The zero-order valence-electron chi connectivity index (χ0n) is 11.6. The van der Waals surface area contributed by atoms with Crippen LogP contribution in [0.2, 0.25) is 0 Å². The Morgan fingerprint density at radius 1 is 1.47 bits per heavy atom. The fourth-order valence-electron chi connectivity index (χ4n) is 1.90. The van der Waals surface area contributed by atoms with Crippen LogP contribution in [0, 0.1) is 5.92 Å². The first-order valence-corrected chi connectivity index (χ1v) is 6.40. The smallest absolute Gasteiger partial charge is 0.0947 e. The van der Waals surface area contributed by atoms with E-state index in [4.69, 9.17) is 10.2 Å². The van der Waals surface area contributed by atoms with E-state index in [1.54, 1.807) is 12.5 Å². The summed E-state index contributed by atoms with van der Waals surface area (Å²) in [6.07, 6.45) is 5.87. The van der Waals surface area contributed by atoms with Crippen LogP contribution in [0.4, 0.5) is 0 Å². The number of hydrogen-bond donors (Lipinski definition) is 1. The number of nitrogens with two attached hydrogens (primary N) is 1. The Morgan fingerprint density at radius 2 is 2.18 bits per heavy atom. The second-order valence-corrected chi connectivity index (χ2v) is 5.62. The van der Waals surface area contributed by atoms with Gasteiger partial charge in [0.1, 0.15) is 0 Å². The third kappa shape index (κ3) is 4.17. The molecule has 1 aromatic heterocycles. The summed E-state index contributed by atoms with van der Waals surface area (Å²) < 4.78 is 5.10. The summed E-state index contributed by atoms with van der Waals surface area (Å²) in [6, 6.07) is 2.01. The highest BCUT2D eigenvalue weighted by Crippen LogP contribution is 2.23. The van der Waals surface area contributed by atoms with Gasteiger partial charge in [0.05, 0.1) is 12.5 Å². The summed E-state index contributed by atoms with van der Waals surface area (Å²) in [5.74, 6) is 0.725. The van der Waals surface area contributed by atoms with Crippen molar-refractivity contribution < 1.29 is 4.42 Å². The molecule has 0 aliphatic heterocycles. The standard InChI is InChI=1S/C14H26N2O/c1-12(2)5-7-14(3,11-15)16(4)9-13-6-8-17-10-13/h6,8,10,12H,5,7,9,11,15H2,1-4H3. The van der Waals surface area contributed by atoms with Crippen LogP contribution in [-0.4, -0.2) is 24.0 Å². The fourth-order valence-corrected chi connectivity index (χ4v) is 1.90.